The third-order valence-electron chi connectivity index (χ3n) is 4.57. The first-order valence-corrected chi connectivity index (χ1v) is 9.97. The Morgan fingerprint density at radius 1 is 1.22 bits per heavy atom. The van der Waals surface area contributed by atoms with Crippen molar-refractivity contribution in [2.24, 2.45) is 5.92 Å². The van der Waals surface area contributed by atoms with E-state index >= 15 is 0 Å². The van der Waals surface area contributed by atoms with Crippen molar-refractivity contribution in [3.8, 4) is 11.5 Å². The summed E-state index contributed by atoms with van der Waals surface area (Å²) in [5.74, 6) is 0.938. The largest absolute Gasteiger partial charge is 0.456 e. The van der Waals surface area contributed by atoms with Crippen LogP contribution in [0.4, 0.5) is 0 Å². The van der Waals surface area contributed by atoms with E-state index in [4.69, 9.17) is 4.74 Å². The van der Waals surface area contributed by atoms with Crippen LogP contribution in [-0.2, 0) is 4.79 Å². The van der Waals surface area contributed by atoms with Crippen molar-refractivity contribution in [1.82, 2.24) is 10.2 Å². The lowest BCUT2D eigenvalue weighted by atomic mass is 9.96. The second-order valence-corrected chi connectivity index (χ2v) is 7.46. The Kier molecular flexibility index (Phi) is 6.50. The van der Waals surface area contributed by atoms with Crippen LogP contribution in [0.2, 0.25) is 0 Å². The van der Waals surface area contributed by atoms with Gasteiger partial charge in [0.1, 0.15) is 11.5 Å². The average molecular weight is 431 g/mol. The molecule has 0 saturated carbocycles. The topological polar surface area (TPSA) is 58.6 Å². The van der Waals surface area contributed by atoms with Gasteiger partial charge in [-0.05, 0) is 50.1 Å². The summed E-state index contributed by atoms with van der Waals surface area (Å²) in [7, 11) is 0. The van der Waals surface area contributed by atoms with Gasteiger partial charge in [-0.3, -0.25) is 9.59 Å². The molecule has 1 unspecified atom stereocenters. The van der Waals surface area contributed by atoms with Gasteiger partial charge >= 0.3 is 0 Å². The molecule has 1 fully saturated rings. The lowest BCUT2D eigenvalue weighted by Crippen LogP contribution is -2.45. The number of halogens is 1. The Balaban J connectivity index is 1.77. The molecule has 0 radical (unpaired) electrons. The number of hydrogen-bond donors (Lipinski definition) is 1. The van der Waals surface area contributed by atoms with Gasteiger partial charge in [-0.25, -0.2) is 0 Å². The van der Waals surface area contributed by atoms with Gasteiger partial charge in [0.25, 0.3) is 5.91 Å². The molecule has 2 amide bonds. The molecule has 1 aliphatic heterocycles. The van der Waals surface area contributed by atoms with E-state index in [-0.39, 0.29) is 17.7 Å². The van der Waals surface area contributed by atoms with Gasteiger partial charge in [0.2, 0.25) is 5.91 Å². The number of amides is 2. The summed E-state index contributed by atoms with van der Waals surface area (Å²) in [4.78, 5) is 27.0. The molecule has 0 aliphatic carbocycles. The van der Waals surface area contributed by atoms with Crippen molar-refractivity contribution in [1.29, 1.82) is 0 Å². The van der Waals surface area contributed by atoms with Crippen molar-refractivity contribution >= 4 is 27.7 Å². The zero-order chi connectivity index (χ0) is 19.2. The smallest absolute Gasteiger partial charge is 0.257 e. The summed E-state index contributed by atoms with van der Waals surface area (Å²) in [6.45, 7) is 3.60. The fourth-order valence-corrected chi connectivity index (χ4v) is 3.63. The maximum absolute atomic E-state index is 13.1. The highest BCUT2D eigenvalue weighted by atomic mass is 79.9. The summed E-state index contributed by atoms with van der Waals surface area (Å²) in [5.41, 5.74) is 0.508. The second-order valence-electron chi connectivity index (χ2n) is 6.54. The minimum atomic E-state index is -0.152. The van der Waals surface area contributed by atoms with Crippen molar-refractivity contribution in [2.75, 3.05) is 19.6 Å². The number of ether oxygens (including phenoxy) is 1. The zero-order valence-corrected chi connectivity index (χ0v) is 16.9. The van der Waals surface area contributed by atoms with Crippen LogP contribution in [0.25, 0.3) is 0 Å². The highest BCUT2D eigenvalue weighted by Gasteiger charge is 2.29. The summed E-state index contributed by atoms with van der Waals surface area (Å²) >= 11 is 3.43. The summed E-state index contributed by atoms with van der Waals surface area (Å²) in [6, 6.07) is 14.7. The number of carbonyl (C=O) groups is 2. The van der Waals surface area contributed by atoms with Crippen molar-refractivity contribution in [3.63, 3.8) is 0 Å². The number of rotatable bonds is 5. The number of likely N-dealkylation sites (tertiary alicyclic amines) is 1. The van der Waals surface area contributed by atoms with Crippen LogP contribution in [0.15, 0.2) is 53.0 Å². The first kappa shape index (κ1) is 19.4. The molecule has 2 aromatic rings. The molecule has 1 aliphatic rings. The number of hydrogen-bond acceptors (Lipinski definition) is 3. The monoisotopic (exact) mass is 430 g/mol. The molecule has 0 bridgehead atoms. The van der Waals surface area contributed by atoms with Gasteiger partial charge in [0.05, 0.1) is 11.5 Å². The molecule has 1 saturated heterocycles. The van der Waals surface area contributed by atoms with E-state index in [0.717, 1.165) is 17.3 Å². The predicted octanol–water partition coefficient (Wildman–Crippen LogP) is 4.23. The first-order valence-electron chi connectivity index (χ1n) is 9.18. The molecular weight excluding hydrogens is 408 g/mol. The van der Waals surface area contributed by atoms with Gasteiger partial charge in [-0.1, -0.05) is 34.1 Å². The Labute approximate surface area is 167 Å². The van der Waals surface area contributed by atoms with E-state index in [1.165, 1.54) is 0 Å². The van der Waals surface area contributed by atoms with Crippen LogP contribution in [-0.4, -0.2) is 36.3 Å². The molecular formula is C21H23BrN2O3. The standard InChI is InChI=1S/C21H23BrN2O3/c1-2-23-20(25)15-7-6-12-24(14-15)21(26)18-10-3-4-11-19(18)27-17-9-5-8-16(22)13-17/h3-5,8-11,13,15H,2,6-7,12,14H2,1H3,(H,23,25). The fraction of sp³-hybridized carbons (Fsp3) is 0.333. The molecule has 142 valence electrons. The van der Waals surface area contributed by atoms with E-state index in [1.807, 2.05) is 43.3 Å². The first-order chi connectivity index (χ1) is 13.1. The molecule has 1 atom stereocenters. The lowest BCUT2D eigenvalue weighted by molar-refractivity contribution is -0.126. The lowest BCUT2D eigenvalue weighted by Gasteiger charge is -2.32. The predicted molar refractivity (Wildman–Crippen MR) is 108 cm³/mol. The molecule has 6 heteroatoms. The molecule has 2 aromatic carbocycles. The van der Waals surface area contributed by atoms with Crippen molar-refractivity contribution in [3.05, 3.63) is 58.6 Å². The minimum absolute atomic E-state index is 0.0219. The Hall–Kier alpha value is -2.34. The zero-order valence-electron chi connectivity index (χ0n) is 15.3. The number of carbonyl (C=O) groups excluding carboxylic acids is 2. The molecule has 1 N–H and O–H groups in total. The van der Waals surface area contributed by atoms with Gasteiger partial charge in [-0.15, -0.1) is 0 Å². The Morgan fingerprint density at radius 3 is 2.81 bits per heavy atom. The van der Waals surface area contributed by atoms with Gasteiger partial charge in [-0.2, -0.15) is 0 Å². The fourth-order valence-electron chi connectivity index (χ4n) is 3.25. The van der Waals surface area contributed by atoms with Crippen molar-refractivity contribution in [2.45, 2.75) is 19.8 Å². The maximum Gasteiger partial charge on any atom is 0.257 e. The van der Waals surface area contributed by atoms with Crippen LogP contribution in [0.1, 0.15) is 30.1 Å². The normalized spacial score (nSPS) is 16.7. The van der Waals surface area contributed by atoms with E-state index in [1.54, 1.807) is 17.0 Å². The van der Waals surface area contributed by atoms with Crippen LogP contribution in [0.5, 0.6) is 11.5 Å². The van der Waals surface area contributed by atoms with Gasteiger partial charge < -0.3 is 15.0 Å². The van der Waals surface area contributed by atoms with Crippen LogP contribution in [0.3, 0.4) is 0 Å². The SMILES string of the molecule is CCNC(=O)C1CCCN(C(=O)c2ccccc2Oc2cccc(Br)c2)C1. The highest BCUT2D eigenvalue weighted by molar-refractivity contribution is 9.10. The van der Waals surface area contributed by atoms with Gasteiger partial charge in [0.15, 0.2) is 0 Å². The third kappa shape index (κ3) is 4.89. The number of nitrogens with one attached hydrogen (secondary N) is 1. The number of piperidine rings is 1. The molecule has 5 nitrogen and oxygen atoms in total. The summed E-state index contributed by atoms with van der Waals surface area (Å²) in [5, 5.41) is 2.86. The minimum Gasteiger partial charge on any atom is -0.456 e. The highest BCUT2D eigenvalue weighted by Crippen LogP contribution is 2.29. The van der Waals surface area contributed by atoms with Crippen LogP contribution >= 0.6 is 15.9 Å². The van der Waals surface area contributed by atoms with Crippen LogP contribution in [0, 0.1) is 5.92 Å². The third-order valence-corrected chi connectivity index (χ3v) is 5.07. The van der Waals surface area contributed by atoms with Gasteiger partial charge in [0, 0.05) is 24.1 Å². The quantitative estimate of drug-likeness (QED) is 0.771. The van der Waals surface area contributed by atoms with E-state index < -0.39 is 0 Å². The van der Waals surface area contributed by atoms with Crippen molar-refractivity contribution < 1.29 is 14.3 Å². The van der Waals surface area contributed by atoms with E-state index in [2.05, 4.69) is 21.2 Å². The van der Waals surface area contributed by atoms with E-state index in [0.29, 0.717) is 36.7 Å². The molecule has 27 heavy (non-hydrogen) atoms. The summed E-state index contributed by atoms with van der Waals surface area (Å²) in [6.07, 6.45) is 1.63. The van der Waals surface area contributed by atoms with E-state index in [9.17, 15) is 9.59 Å². The number of benzene rings is 2. The molecule has 0 aromatic heterocycles. The Bertz CT molecular complexity index is 825. The average Bonchev–Trinajstić information content (AvgIpc) is 2.68. The second kappa shape index (κ2) is 9.04. The maximum atomic E-state index is 13.1. The molecule has 0 spiro atoms. The molecule has 3 rings (SSSR count). The molecule has 1 heterocycles. The number of nitrogens with zero attached hydrogens (tertiary/aromatic N) is 1. The Morgan fingerprint density at radius 2 is 2.04 bits per heavy atom. The van der Waals surface area contributed by atoms with Crippen LogP contribution < -0.4 is 10.1 Å². The number of para-hydroxylation sites is 1. The summed E-state index contributed by atoms with van der Waals surface area (Å²) < 4.78 is 6.87.